The van der Waals surface area contributed by atoms with Crippen LogP contribution in [0.3, 0.4) is 0 Å². The molecule has 0 saturated carbocycles. The van der Waals surface area contributed by atoms with E-state index in [0.717, 1.165) is 0 Å². The van der Waals surface area contributed by atoms with Crippen molar-refractivity contribution in [2.45, 2.75) is 37.8 Å². The van der Waals surface area contributed by atoms with Gasteiger partial charge < -0.3 is 24.8 Å². The molecule has 15 heavy (non-hydrogen) atoms. The molecule has 0 amide bonds. The van der Waals surface area contributed by atoms with Crippen LogP contribution in [-0.4, -0.2) is 60.1 Å². The third-order valence-corrected chi connectivity index (χ3v) is 2.93. The van der Waals surface area contributed by atoms with Crippen LogP contribution >= 0.6 is 0 Å². The molecule has 5 nitrogen and oxygen atoms in total. The Balaban J connectivity index is 2.71. The van der Waals surface area contributed by atoms with Gasteiger partial charge in [0.2, 0.25) is 0 Å². The van der Waals surface area contributed by atoms with E-state index in [4.69, 9.17) is 14.6 Å². The summed E-state index contributed by atoms with van der Waals surface area (Å²) >= 11 is 0. The predicted molar refractivity (Wildman–Crippen MR) is 53.4 cm³/mol. The van der Waals surface area contributed by atoms with Crippen molar-refractivity contribution in [3.05, 3.63) is 0 Å². The molecule has 0 radical (unpaired) electrons. The molecule has 5 atom stereocenters. The summed E-state index contributed by atoms with van der Waals surface area (Å²) in [5.74, 6) is -0.397. The lowest BCUT2D eigenvalue weighted by Crippen LogP contribution is -2.56. The fourth-order valence-electron chi connectivity index (χ4n) is 2.02. The molecule has 0 aromatic heterocycles. The first-order valence-corrected chi connectivity index (χ1v) is 5.27. The highest BCUT2D eigenvalue weighted by molar-refractivity contribution is 4.91. The maximum atomic E-state index is 9.90. The van der Waals surface area contributed by atoms with E-state index in [1.165, 1.54) is 7.11 Å². The average Bonchev–Trinajstić information content (AvgIpc) is 2.25. The number of ether oxygens (including phenoxy) is 2. The van der Waals surface area contributed by atoms with Gasteiger partial charge in [-0.1, -0.05) is 6.92 Å². The summed E-state index contributed by atoms with van der Waals surface area (Å²) in [6.45, 7) is 1.91. The van der Waals surface area contributed by atoms with Gasteiger partial charge in [0, 0.05) is 13.0 Å². The van der Waals surface area contributed by atoms with Crippen LogP contribution in [0.5, 0.6) is 0 Å². The average molecular weight is 220 g/mol. The van der Waals surface area contributed by atoms with Gasteiger partial charge in [0.05, 0.1) is 31.5 Å². The van der Waals surface area contributed by atoms with E-state index in [9.17, 15) is 10.2 Å². The molecule has 0 bridgehead atoms. The molecule has 5 heteroatoms. The Bertz CT molecular complexity index is 171. The van der Waals surface area contributed by atoms with Crippen molar-refractivity contribution in [3.8, 4) is 0 Å². The standard InChI is InChI=1S/C10H20O5/c1-3-7-9(12)6(5-14-2)10(13)8(4-11)15-7/h6-13H,3-5H2,1-2H3/t6?,7-,8?,9?,10-/m0/s1. The molecule has 1 rings (SSSR count). The Hall–Kier alpha value is -0.200. The van der Waals surface area contributed by atoms with Gasteiger partial charge >= 0.3 is 0 Å². The lowest BCUT2D eigenvalue weighted by Gasteiger charge is -2.42. The van der Waals surface area contributed by atoms with Crippen LogP contribution in [0.4, 0.5) is 0 Å². The van der Waals surface area contributed by atoms with Crippen LogP contribution in [0.15, 0.2) is 0 Å². The quantitative estimate of drug-likeness (QED) is 0.574. The first-order chi connectivity index (χ1) is 7.15. The van der Waals surface area contributed by atoms with E-state index >= 15 is 0 Å². The first-order valence-electron chi connectivity index (χ1n) is 5.27. The highest BCUT2D eigenvalue weighted by Gasteiger charge is 2.43. The number of methoxy groups -OCH3 is 1. The fraction of sp³-hybridized carbons (Fsp3) is 1.00. The van der Waals surface area contributed by atoms with Crippen molar-refractivity contribution >= 4 is 0 Å². The van der Waals surface area contributed by atoms with E-state index in [1.807, 2.05) is 6.92 Å². The van der Waals surface area contributed by atoms with E-state index in [-0.39, 0.29) is 19.3 Å². The second-order valence-corrected chi connectivity index (χ2v) is 3.90. The monoisotopic (exact) mass is 220 g/mol. The third-order valence-electron chi connectivity index (χ3n) is 2.93. The molecule has 0 spiro atoms. The Morgan fingerprint density at radius 2 is 1.80 bits per heavy atom. The van der Waals surface area contributed by atoms with Gasteiger partial charge in [0.15, 0.2) is 0 Å². The van der Waals surface area contributed by atoms with E-state index in [0.29, 0.717) is 6.42 Å². The predicted octanol–water partition coefficient (Wildman–Crippen LogP) is -0.860. The van der Waals surface area contributed by atoms with Gasteiger partial charge in [0.1, 0.15) is 6.10 Å². The zero-order chi connectivity index (χ0) is 11.4. The third kappa shape index (κ3) is 2.68. The molecule has 0 aliphatic carbocycles. The molecular weight excluding hydrogens is 200 g/mol. The van der Waals surface area contributed by atoms with Crippen LogP contribution in [0.2, 0.25) is 0 Å². The number of hydrogen-bond donors (Lipinski definition) is 3. The summed E-state index contributed by atoms with van der Waals surface area (Å²) in [6.07, 6.45) is -1.95. The summed E-state index contributed by atoms with van der Waals surface area (Å²) in [4.78, 5) is 0. The van der Waals surface area contributed by atoms with E-state index in [2.05, 4.69) is 0 Å². The molecule has 3 unspecified atom stereocenters. The van der Waals surface area contributed by atoms with Gasteiger partial charge in [-0.15, -0.1) is 0 Å². The summed E-state index contributed by atoms with van der Waals surface area (Å²) in [6, 6.07) is 0. The molecule has 1 heterocycles. The van der Waals surface area contributed by atoms with Gasteiger partial charge in [0.25, 0.3) is 0 Å². The molecule has 1 saturated heterocycles. The lowest BCUT2D eigenvalue weighted by molar-refractivity contribution is -0.216. The summed E-state index contributed by atoms with van der Waals surface area (Å²) in [5.41, 5.74) is 0. The molecule has 3 N–H and O–H groups in total. The van der Waals surface area contributed by atoms with Crippen LogP contribution in [0.25, 0.3) is 0 Å². The summed E-state index contributed by atoms with van der Waals surface area (Å²) in [7, 11) is 1.52. The molecule has 1 aliphatic heterocycles. The first kappa shape index (κ1) is 12.9. The highest BCUT2D eigenvalue weighted by atomic mass is 16.5. The van der Waals surface area contributed by atoms with Crippen LogP contribution in [0.1, 0.15) is 13.3 Å². The van der Waals surface area contributed by atoms with Crippen molar-refractivity contribution in [2.24, 2.45) is 5.92 Å². The Kier molecular flexibility index (Phi) is 4.95. The molecule has 1 aliphatic rings. The highest BCUT2D eigenvalue weighted by Crippen LogP contribution is 2.27. The number of hydrogen-bond acceptors (Lipinski definition) is 5. The molecular formula is C10H20O5. The molecule has 1 fully saturated rings. The van der Waals surface area contributed by atoms with Crippen LogP contribution < -0.4 is 0 Å². The number of aliphatic hydroxyl groups excluding tert-OH is 3. The molecule has 0 aromatic carbocycles. The van der Waals surface area contributed by atoms with Crippen molar-refractivity contribution in [1.29, 1.82) is 0 Å². The number of rotatable bonds is 4. The fourth-order valence-corrected chi connectivity index (χ4v) is 2.02. The SMILES string of the molecule is CC[C@@H]1OC(CO)[C@@H](O)C(COC)C1O. The zero-order valence-electron chi connectivity index (χ0n) is 9.17. The maximum absolute atomic E-state index is 9.90. The summed E-state index contributed by atoms with van der Waals surface area (Å²) in [5, 5.41) is 28.8. The second kappa shape index (κ2) is 5.77. The molecule has 0 aromatic rings. The number of aliphatic hydroxyl groups is 3. The van der Waals surface area contributed by atoms with Crippen LogP contribution in [0, 0.1) is 5.92 Å². The molecule has 90 valence electrons. The van der Waals surface area contributed by atoms with Gasteiger partial charge in [-0.3, -0.25) is 0 Å². The van der Waals surface area contributed by atoms with Crippen molar-refractivity contribution in [1.82, 2.24) is 0 Å². The van der Waals surface area contributed by atoms with Crippen molar-refractivity contribution in [2.75, 3.05) is 20.3 Å². The smallest absolute Gasteiger partial charge is 0.107 e. The Morgan fingerprint density at radius 3 is 2.27 bits per heavy atom. The zero-order valence-corrected chi connectivity index (χ0v) is 9.17. The topological polar surface area (TPSA) is 79.2 Å². The van der Waals surface area contributed by atoms with Crippen LogP contribution in [-0.2, 0) is 9.47 Å². The van der Waals surface area contributed by atoms with Gasteiger partial charge in [-0.2, -0.15) is 0 Å². The van der Waals surface area contributed by atoms with Crippen molar-refractivity contribution in [3.63, 3.8) is 0 Å². The minimum absolute atomic E-state index is 0.245. The Morgan fingerprint density at radius 1 is 1.20 bits per heavy atom. The lowest BCUT2D eigenvalue weighted by atomic mass is 9.86. The largest absolute Gasteiger partial charge is 0.394 e. The van der Waals surface area contributed by atoms with Gasteiger partial charge in [-0.05, 0) is 6.42 Å². The summed E-state index contributed by atoms with van der Waals surface area (Å²) < 4.78 is 10.3. The minimum Gasteiger partial charge on any atom is -0.394 e. The van der Waals surface area contributed by atoms with E-state index < -0.39 is 24.2 Å². The second-order valence-electron chi connectivity index (χ2n) is 3.90. The van der Waals surface area contributed by atoms with Gasteiger partial charge in [-0.25, -0.2) is 0 Å². The van der Waals surface area contributed by atoms with Crippen molar-refractivity contribution < 1.29 is 24.8 Å². The normalized spacial score (nSPS) is 41.8. The van der Waals surface area contributed by atoms with E-state index in [1.54, 1.807) is 0 Å². The Labute approximate surface area is 89.6 Å². The minimum atomic E-state index is -0.882. The maximum Gasteiger partial charge on any atom is 0.107 e.